The van der Waals surface area contributed by atoms with Gasteiger partial charge in [0.05, 0.1) is 10.9 Å². The smallest absolute Gasteiger partial charge is 0.241 e. The topological polar surface area (TPSA) is 53.5 Å². The van der Waals surface area contributed by atoms with Crippen LogP contribution in [0.1, 0.15) is 34.1 Å². The molecule has 0 spiro atoms. The van der Waals surface area contributed by atoms with Crippen molar-refractivity contribution in [3.63, 3.8) is 0 Å². The molecule has 6 heteroatoms. The van der Waals surface area contributed by atoms with Gasteiger partial charge in [-0.3, -0.25) is 9.59 Å². The molecule has 0 saturated carbocycles. The zero-order valence-corrected chi connectivity index (χ0v) is 15.1. The number of amides is 2. The number of hydrogen-bond donors (Lipinski definition) is 0. The predicted molar refractivity (Wildman–Crippen MR) is 93.6 cm³/mol. The van der Waals surface area contributed by atoms with Crippen LogP contribution in [-0.2, 0) is 9.59 Å². The Morgan fingerprint density at radius 2 is 2.09 bits per heavy atom. The predicted octanol–water partition coefficient (Wildman–Crippen LogP) is 2.80. The van der Waals surface area contributed by atoms with Crippen molar-refractivity contribution in [2.75, 3.05) is 24.5 Å². The van der Waals surface area contributed by atoms with Crippen LogP contribution >= 0.6 is 11.8 Å². The Labute approximate surface area is 142 Å². The van der Waals surface area contributed by atoms with Crippen molar-refractivity contribution in [2.24, 2.45) is 5.92 Å². The molecule has 0 aliphatic carbocycles. The van der Waals surface area contributed by atoms with Crippen LogP contribution < -0.4 is 4.90 Å². The van der Waals surface area contributed by atoms with Gasteiger partial charge in [-0.25, -0.2) is 4.98 Å². The lowest BCUT2D eigenvalue weighted by atomic mass is 10.1. The first kappa shape index (κ1) is 17.8. The Morgan fingerprint density at radius 1 is 1.39 bits per heavy atom. The molecule has 0 saturated heterocycles. The second-order valence-corrected chi connectivity index (χ2v) is 7.24. The largest absolute Gasteiger partial charge is 0.343 e. The summed E-state index contributed by atoms with van der Waals surface area (Å²) in [6.45, 7) is 10.1. The summed E-state index contributed by atoms with van der Waals surface area (Å²) >= 11 is 1.41. The van der Waals surface area contributed by atoms with E-state index in [4.69, 9.17) is 0 Å². The maximum Gasteiger partial charge on any atom is 0.241 e. The number of fused-ring (bicyclic) bond motifs is 1. The van der Waals surface area contributed by atoms with Gasteiger partial charge in [-0.2, -0.15) is 0 Å². The Kier molecular flexibility index (Phi) is 6.04. The summed E-state index contributed by atoms with van der Waals surface area (Å²) in [7, 11) is 0. The molecule has 0 radical (unpaired) electrons. The van der Waals surface area contributed by atoms with E-state index >= 15 is 0 Å². The van der Waals surface area contributed by atoms with E-state index < -0.39 is 0 Å². The van der Waals surface area contributed by atoms with Gasteiger partial charge in [0, 0.05) is 32.3 Å². The highest BCUT2D eigenvalue weighted by Crippen LogP contribution is 2.39. The van der Waals surface area contributed by atoms with Crippen molar-refractivity contribution < 1.29 is 9.59 Å². The van der Waals surface area contributed by atoms with Gasteiger partial charge in [0.25, 0.3) is 0 Å². The van der Waals surface area contributed by atoms with E-state index in [1.807, 2.05) is 26.0 Å². The van der Waals surface area contributed by atoms with Crippen LogP contribution in [0.4, 0.5) is 5.69 Å². The molecule has 1 atom stereocenters. The summed E-state index contributed by atoms with van der Waals surface area (Å²) in [6, 6.07) is 3.78. The fraction of sp³-hybridized carbons (Fsp3) is 0.588. The number of aromatic nitrogens is 1. The highest BCUT2D eigenvalue weighted by atomic mass is 32.2. The Morgan fingerprint density at radius 3 is 2.70 bits per heavy atom. The first-order valence-corrected chi connectivity index (χ1v) is 9.06. The summed E-state index contributed by atoms with van der Waals surface area (Å²) in [4.78, 5) is 33.2. The molecule has 2 rings (SSSR count). The quantitative estimate of drug-likeness (QED) is 0.802. The van der Waals surface area contributed by atoms with Crippen LogP contribution in [0.15, 0.2) is 23.4 Å². The fourth-order valence-corrected chi connectivity index (χ4v) is 3.85. The second-order valence-electron chi connectivity index (χ2n) is 6.05. The molecule has 0 bridgehead atoms. The number of carbonyl (C=O) groups excluding carboxylic acids is 2. The highest BCUT2D eigenvalue weighted by Gasteiger charge is 2.36. The fourth-order valence-electron chi connectivity index (χ4n) is 2.70. The third kappa shape index (κ3) is 4.05. The number of rotatable bonds is 6. The summed E-state index contributed by atoms with van der Waals surface area (Å²) in [5.41, 5.74) is 0.864. The Bertz CT molecular complexity index is 573. The van der Waals surface area contributed by atoms with Crippen molar-refractivity contribution in [2.45, 2.75) is 44.4 Å². The molecule has 126 valence electrons. The second kappa shape index (κ2) is 7.81. The van der Waals surface area contributed by atoms with Gasteiger partial charge in [0.2, 0.25) is 11.8 Å². The van der Waals surface area contributed by atoms with Crippen molar-refractivity contribution in [3.05, 3.63) is 18.3 Å². The summed E-state index contributed by atoms with van der Waals surface area (Å²) in [5.74, 6) is 0.406. The third-order valence-electron chi connectivity index (χ3n) is 3.86. The standard InChI is InChI=1S/C17H25N3O2S/c1-5-19(6-2)15(21)10-14-17(22)20(11-12(3)4)13-8-7-9-18-16(13)23-14/h7-9,12,14H,5-6,10-11H2,1-4H3. The van der Waals surface area contributed by atoms with Crippen LogP contribution in [0.25, 0.3) is 0 Å². The van der Waals surface area contributed by atoms with Crippen molar-refractivity contribution in [1.82, 2.24) is 9.88 Å². The number of thioether (sulfide) groups is 1. The number of hydrogen-bond acceptors (Lipinski definition) is 4. The molecular weight excluding hydrogens is 310 g/mol. The van der Waals surface area contributed by atoms with E-state index in [0.717, 1.165) is 10.7 Å². The van der Waals surface area contributed by atoms with Crippen LogP contribution in [-0.4, -0.2) is 46.6 Å². The summed E-state index contributed by atoms with van der Waals surface area (Å²) in [6.07, 6.45) is 1.97. The first-order chi connectivity index (χ1) is 11.0. The molecule has 0 aromatic carbocycles. The molecule has 2 heterocycles. The van der Waals surface area contributed by atoms with E-state index in [1.165, 1.54) is 11.8 Å². The number of nitrogens with zero attached hydrogens (tertiary/aromatic N) is 3. The van der Waals surface area contributed by atoms with E-state index in [1.54, 1.807) is 16.0 Å². The molecule has 2 amide bonds. The van der Waals surface area contributed by atoms with Crippen LogP contribution in [0, 0.1) is 5.92 Å². The van der Waals surface area contributed by atoms with E-state index in [9.17, 15) is 9.59 Å². The van der Waals surface area contributed by atoms with Crippen molar-refractivity contribution in [3.8, 4) is 0 Å². The minimum Gasteiger partial charge on any atom is -0.343 e. The van der Waals surface area contributed by atoms with Gasteiger partial charge >= 0.3 is 0 Å². The van der Waals surface area contributed by atoms with Crippen molar-refractivity contribution in [1.29, 1.82) is 0 Å². The average Bonchev–Trinajstić information content (AvgIpc) is 2.52. The summed E-state index contributed by atoms with van der Waals surface area (Å²) in [5, 5.41) is 0.453. The monoisotopic (exact) mass is 335 g/mol. The van der Waals surface area contributed by atoms with Gasteiger partial charge in [-0.1, -0.05) is 25.6 Å². The molecular formula is C17H25N3O2S. The number of anilines is 1. The van der Waals surface area contributed by atoms with Gasteiger partial charge in [-0.15, -0.1) is 0 Å². The molecule has 23 heavy (non-hydrogen) atoms. The first-order valence-electron chi connectivity index (χ1n) is 8.18. The van der Waals surface area contributed by atoms with Gasteiger partial charge in [-0.05, 0) is 31.9 Å². The molecule has 1 unspecified atom stereocenters. The zero-order chi connectivity index (χ0) is 17.0. The number of pyridine rings is 1. The molecule has 0 N–H and O–H groups in total. The maximum absolute atomic E-state index is 12.9. The molecule has 5 nitrogen and oxygen atoms in total. The minimum absolute atomic E-state index is 0.0182. The van der Waals surface area contributed by atoms with Gasteiger partial charge in [0.15, 0.2) is 0 Å². The van der Waals surface area contributed by atoms with Gasteiger partial charge < -0.3 is 9.80 Å². The van der Waals surface area contributed by atoms with Crippen LogP contribution in [0.2, 0.25) is 0 Å². The minimum atomic E-state index is -0.385. The molecule has 1 aromatic rings. The van der Waals surface area contributed by atoms with E-state index in [2.05, 4.69) is 18.8 Å². The van der Waals surface area contributed by atoms with Crippen molar-refractivity contribution >= 4 is 29.3 Å². The van der Waals surface area contributed by atoms with Gasteiger partial charge in [0.1, 0.15) is 5.03 Å². The lowest BCUT2D eigenvalue weighted by Crippen LogP contribution is -2.45. The highest BCUT2D eigenvalue weighted by molar-refractivity contribution is 8.00. The Hall–Kier alpha value is -1.56. The summed E-state index contributed by atoms with van der Waals surface area (Å²) < 4.78 is 0. The maximum atomic E-state index is 12.9. The lowest BCUT2D eigenvalue weighted by molar-refractivity contribution is -0.132. The van der Waals surface area contributed by atoms with E-state index in [0.29, 0.717) is 25.6 Å². The zero-order valence-electron chi connectivity index (χ0n) is 14.3. The molecule has 0 fully saturated rings. The lowest BCUT2D eigenvalue weighted by Gasteiger charge is -2.34. The third-order valence-corrected chi connectivity index (χ3v) is 5.05. The van der Waals surface area contributed by atoms with Crippen LogP contribution in [0.3, 0.4) is 0 Å². The normalized spacial score (nSPS) is 17.3. The molecule has 1 aliphatic heterocycles. The van der Waals surface area contributed by atoms with Crippen LogP contribution in [0.5, 0.6) is 0 Å². The molecule has 1 aliphatic rings. The Balaban J connectivity index is 2.23. The molecule has 1 aromatic heterocycles. The average molecular weight is 335 g/mol. The SMILES string of the molecule is CCN(CC)C(=O)CC1Sc2ncccc2N(CC(C)C)C1=O. The van der Waals surface area contributed by atoms with E-state index in [-0.39, 0.29) is 23.5 Å². The number of carbonyl (C=O) groups is 2.